The Morgan fingerprint density at radius 2 is 1.81 bits per heavy atom. The Labute approximate surface area is 130 Å². The second kappa shape index (κ2) is 6.39. The largest absolute Gasteiger partial charge is 0.371 e. The number of hydrogen-bond donors (Lipinski definition) is 1. The van der Waals surface area contributed by atoms with E-state index < -0.39 is 0 Å². The quantitative estimate of drug-likeness (QED) is 0.900. The predicted molar refractivity (Wildman–Crippen MR) is 93.3 cm³/mol. The van der Waals surface area contributed by atoms with Crippen LogP contribution in [-0.2, 0) is 5.41 Å². The van der Waals surface area contributed by atoms with Crippen molar-refractivity contribution in [1.82, 2.24) is 5.32 Å². The third-order valence-corrected chi connectivity index (χ3v) is 5.11. The molecule has 0 saturated carbocycles. The first-order valence-corrected chi connectivity index (χ1v) is 8.36. The molecule has 0 spiro atoms. The summed E-state index contributed by atoms with van der Waals surface area (Å²) < 4.78 is 0. The number of nitrogens with zero attached hydrogens (tertiary/aromatic N) is 1. The average Bonchev–Trinajstić information content (AvgIpc) is 2.45. The van der Waals surface area contributed by atoms with E-state index >= 15 is 0 Å². The van der Waals surface area contributed by atoms with E-state index in [0.29, 0.717) is 6.04 Å². The van der Waals surface area contributed by atoms with Gasteiger partial charge in [-0.3, -0.25) is 0 Å². The summed E-state index contributed by atoms with van der Waals surface area (Å²) in [6.45, 7) is 13.8. The molecule has 1 aromatic carbocycles. The van der Waals surface area contributed by atoms with E-state index in [9.17, 15) is 0 Å². The molecule has 21 heavy (non-hydrogen) atoms. The van der Waals surface area contributed by atoms with Gasteiger partial charge in [-0.05, 0) is 62.3 Å². The van der Waals surface area contributed by atoms with E-state index in [1.165, 1.54) is 42.7 Å². The minimum absolute atomic E-state index is 0.235. The molecule has 0 aliphatic carbocycles. The number of nitrogens with one attached hydrogen (secondary N) is 1. The number of rotatable bonds is 3. The number of benzene rings is 1. The van der Waals surface area contributed by atoms with Crippen LogP contribution in [0.5, 0.6) is 0 Å². The highest BCUT2D eigenvalue weighted by Crippen LogP contribution is 2.31. The minimum atomic E-state index is 0.235. The molecule has 0 aromatic heterocycles. The summed E-state index contributed by atoms with van der Waals surface area (Å²) in [7, 11) is 2.08. The first-order chi connectivity index (χ1) is 9.82. The molecule has 1 aromatic rings. The van der Waals surface area contributed by atoms with Gasteiger partial charge in [0.2, 0.25) is 0 Å². The van der Waals surface area contributed by atoms with Gasteiger partial charge >= 0.3 is 0 Å². The van der Waals surface area contributed by atoms with Crippen molar-refractivity contribution < 1.29 is 0 Å². The molecule has 1 N–H and O–H groups in total. The van der Waals surface area contributed by atoms with E-state index in [2.05, 4.69) is 70.1 Å². The molecule has 1 heterocycles. The summed E-state index contributed by atoms with van der Waals surface area (Å²) in [4.78, 5) is 2.57. The van der Waals surface area contributed by atoms with Crippen LogP contribution in [0.15, 0.2) is 18.2 Å². The highest BCUT2D eigenvalue weighted by atomic mass is 15.1. The summed E-state index contributed by atoms with van der Waals surface area (Å²) in [6, 6.07) is 7.65. The van der Waals surface area contributed by atoms with Gasteiger partial charge < -0.3 is 10.2 Å². The summed E-state index contributed by atoms with van der Waals surface area (Å²) in [5.74, 6) is 0.820. The van der Waals surface area contributed by atoms with Crippen molar-refractivity contribution in [2.24, 2.45) is 5.92 Å². The third kappa shape index (κ3) is 3.79. The van der Waals surface area contributed by atoms with Crippen LogP contribution in [0.4, 0.5) is 5.69 Å². The standard InChI is InChI=1S/C19H32N2/c1-14-13-17(19(3,4)5)7-8-18(14)21-11-9-16(10-12-21)15(2)20-6/h7-8,13,15-16,20H,9-12H2,1-6H3. The van der Waals surface area contributed by atoms with Crippen LogP contribution in [0, 0.1) is 12.8 Å². The van der Waals surface area contributed by atoms with Crippen LogP contribution < -0.4 is 10.2 Å². The van der Waals surface area contributed by atoms with Crippen molar-refractivity contribution in [2.45, 2.75) is 58.9 Å². The minimum Gasteiger partial charge on any atom is -0.371 e. The van der Waals surface area contributed by atoms with Gasteiger partial charge in [0.05, 0.1) is 0 Å². The summed E-state index contributed by atoms with van der Waals surface area (Å²) in [5.41, 5.74) is 4.52. The molecule has 0 amide bonds. The van der Waals surface area contributed by atoms with Crippen molar-refractivity contribution in [1.29, 1.82) is 0 Å². The maximum absolute atomic E-state index is 3.41. The van der Waals surface area contributed by atoms with Crippen LogP contribution in [-0.4, -0.2) is 26.2 Å². The van der Waals surface area contributed by atoms with Gasteiger partial charge in [0.15, 0.2) is 0 Å². The molecule has 2 heteroatoms. The molecule has 1 fully saturated rings. The van der Waals surface area contributed by atoms with Gasteiger partial charge in [-0.1, -0.05) is 32.9 Å². The zero-order chi connectivity index (χ0) is 15.6. The number of piperidine rings is 1. The molecule has 1 atom stereocenters. The Morgan fingerprint density at radius 3 is 2.29 bits per heavy atom. The van der Waals surface area contributed by atoms with Gasteiger partial charge in [-0.25, -0.2) is 0 Å². The molecule has 1 unspecified atom stereocenters. The number of aryl methyl sites for hydroxylation is 1. The molecule has 1 aliphatic rings. The molecule has 2 rings (SSSR count). The zero-order valence-corrected chi connectivity index (χ0v) is 14.7. The fourth-order valence-corrected chi connectivity index (χ4v) is 3.35. The zero-order valence-electron chi connectivity index (χ0n) is 14.7. The van der Waals surface area contributed by atoms with Gasteiger partial charge in [0.25, 0.3) is 0 Å². The lowest BCUT2D eigenvalue weighted by Crippen LogP contribution is -2.41. The lowest BCUT2D eigenvalue weighted by Gasteiger charge is -2.37. The molecule has 2 nitrogen and oxygen atoms in total. The fraction of sp³-hybridized carbons (Fsp3) is 0.684. The van der Waals surface area contributed by atoms with Crippen LogP contribution >= 0.6 is 0 Å². The highest BCUT2D eigenvalue weighted by molar-refractivity contribution is 5.55. The van der Waals surface area contributed by atoms with E-state index in [-0.39, 0.29) is 5.41 Å². The van der Waals surface area contributed by atoms with Gasteiger partial charge in [-0.2, -0.15) is 0 Å². The highest BCUT2D eigenvalue weighted by Gasteiger charge is 2.24. The average molecular weight is 288 g/mol. The Bertz CT molecular complexity index is 465. The molecule has 1 aliphatic heterocycles. The maximum atomic E-state index is 3.41. The van der Waals surface area contributed by atoms with E-state index in [1.807, 2.05) is 0 Å². The molecule has 0 bridgehead atoms. The Balaban J connectivity index is 2.07. The van der Waals surface area contributed by atoms with Crippen molar-refractivity contribution in [2.75, 3.05) is 25.0 Å². The van der Waals surface area contributed by atoms with E-state index in [4.69, 9.17) is 0 Å². The lowest BCUT2D eigenvalue weighted by atomic mass is 9.85. The molecule has 1 saturated heterocycles. The third-order valence-electron chi connectivity index (χ3n) is 5.11. The van der Waals surface area contributed by atoms with Crippen molar-refractivity contribution >= 4 is 5.69 Å². The maximum Gasteiger partial charge on any atom is 0.0396 e. The Hall–Kier alpha value is -1.02. The summed E-state index contributed by atoms with van der Waals surface area (Å²) >= 11 is 0. The number of hydrogen-bond acceptors (Lipinski definition) is 2. The first kappa shape index (κ1) is 16.4. The van der Waals surface area contributed by atoms with E-state index in [1.54, 1.807) is 0 Å². The van der Waals surface area contributed by atoms with Gasteiger partial charge in [0.1, 0.15) is 0 Å². The monoisotopic (exact) mass is 288 g/mol. The smallest absolute Gasteiger partial charge is 0.0396 e. The molecular weight excluding hydrogens is 256 g/mol. The van der Waals surface area contributed by atoms with Gasteiger partial charge in [-0.15, -0.1) is 0 Å². The van der Waals surface area contributed by atoms with Gasteiger partial charge in [0, 0.05) is 24.8 Å². The lowest BCUT2D eigenvalue weighted by molar-refractivity contribution is 0.323. The molecule has 0 radical (unpaired) electrons. The van der Waals surface area contributed by atoms with Crippen LogP contribution in [0.3, 0.4) is 0 Å². The molecular formula is C19H32N2. The SMILES string of the molecule is CNC(C)C1CCN(c2ccc(C(C)(C)C)cc2C)CC1. The Morgan fingerprint density at radius 1 is 1.19 bits per heavy atom. The van der Waals surface area contributed by atoms with E-state index in [0.717, 1.165) is 5.92 Å². The second-order valence-corrected chi connectivity index (χ2v) is 7.65. The summed E-state index contributed by atoms with van der Waals surface area (Å²) in [6.07, 6.45) is 2.59. The van der Waals surface area contributed by atoms with Crippen LogP contribution in [0.1, 0.15) is 51.7 Å². The number of anilines is 1. The fourth-order valence-electron chi connectivity index (χ4n) is 3.35. The summed E-state index contributed by atoms with van der Waals surface area (Å²) in [5, 5.41) is 3.41. The first-order valence-electron chi connectivity index (χ1n) is 8.36. The Kier molecular flexibility index (Phi) is 4.98. The predicted octanol–water partition coefficient (Wildman–Crippen LogP) is 4.12. The van der Waals surface area contributed by atoms with Crippen molar-refractivity contribution in [3.8, 4) is 0 Å². The normalized spacial score (nSPS) is 18.9. The topological polar surface area (TPSA) is 15.3 Å². The van der Waals surface area contributed by atoms with Crippen molar-refractivity contribution in [3.05, 3.63) is 29.3 Å². The second-order valence-electron chi connectivity index (χ2n) is 7.65. The van der Waals surface area contributed by atoms with Crippen molar-refractivity contribution in [3.63, 3.8) is 0 Å². The molecule has 118 valence electrons. The van der Waals surface area contributed by atoms with Crippen LogP contribution in [0.2, 0.25) is 0 Å². The van der Waals surface area contributed by atoms with Crippen LogP contribution in [0.25, 0.3) is 0 Å².